The number of hydrogen-bond acceptors (Lipinski definition) is 3. The van der Waals surface area contributed by atoms with E-state index in [1.165, 1.54) is 6.42 Å². The smallest absolute Gasteiger partial charge is 0.224 e. The summed E-state index contributed by atoms with van der Waals surface area (Å²) in [7, 11) is 0. The summed E-state index contributed by atoms with van der Waals surface area (Å²) in [5.41, 5.74) is 0.761. The summed E-state index contributed by atoms with van der Waals surface area (Å²) in [5.74, 6) is 0.210. The first-order chi connectivity index (χ1) is 8.31. The molecule has 0 aromatic carbocycles. The van der Waals surface area contributed by atoms with Crippen molar-refractivity contribution >= 4 is 5.91 Å². The number of piperidine rings is 1. The van der Waals surface area contributed by atoms with Gasteiger partial charge in [-0.1, -0.05) is 0 Å². The van der Waals surface area contributed by atoms with Crippen LogP contribution in [-0.4, -0.2) is 38.6 Å². The number of nitrogens with zero attached hydrogens (tertiary/aromatic N) is 3. The van der Waals surface area contributed by atoms with Crippen molar-refractivity contribution in [2.45, 2.75) is 38.8 Å². The summed E-state index contributed by atoms with van der Waals surface area (Å²) >= 11 is 0. The number of amides is 1. The maximum Gasteiger partial charge on any atom is 0.224 e. The lowest BCUT2D eigenvalue weighted by Crippen LogP contribution is -2.36. The van der Waals surface area contributed by atoms with E-state index in [1.807, 2.05) is 9.47 Å². The minimum atomic E-state index is -0.0299. The van der Waals surface area contributed by atoms with Crippen LogP contribution in [0.5, 0.6) is 0 Å². The second kappa shape index (κ2) is 5.82. The van der Waals surface area contributed by atoms with Crippen LogP contribution in [0.2, 0.25) is 0 Å². The van der Waals surface area contributed by atoms with Gasteiger partial charge in [-0.3, -0.25) is 4.79 Å². The molecule has 1 aliphatic heterocycles. The van der Waals surface area contributed by atoms with E-state index in [0.29, 0.717) is 13.0 Å². The zero-order valence-electron chi connectivity index (χ0n) is 10.0. The topological polar surface area (TPSA) is 58.4 Å². The van der Waals surface area contributed by atoms with Crippen molar-refractivity contribution in [3.8, 4) is 0 Å². The lowest BCUT2D eigenvalue weighted by molar-refractivity contribution is -0.132. The molecule has 0 radical (unpaired) electrons. The fraction of sp³-hybridized carbons (Fsp3) is 0.667. The molecule has 0 aliphatic carbocycles. The molecule has 0 saturated carbocycles. The maximum atomic E-state index is 11.9. The van der Waals surface area contributed by atoms with E-state index in [9.17, 15) is 4.79 Å². The van der Waals surface area contributed by atoms with Gasteiger partial charge in [-0.2, -0.15) is 0 Å². The zero-order valence-corrected chi connectivity index (χ0v) is 10.0. The minimum Gasteiger partial charge on any atom is -0.390 e. The molecule has 1 aliphatic rings. The van der Waals surface area contributed by atoms with Gasteiger partial charge in [-0.15, -0.1) is 0 Å². The number of hydrogen-bond donors (Lipinski definition) is 1. The van der Waals surface area contributed by atoms with Crippen LogP contribution < -0.4 is 0 Å². The summed E-state index contributed by atoms with van der Waals surface area (Å²) in [6.07, 6.45) is 7.27. The van der Waals surface area contributed by atoms with Gasteiger partial charge >= 0.3 is 0 Å². The molecule has 0 bridgehead atoms. The molecule has 1 amide bonds. The van der Waals surface area contributed by atoms with Crippen LogP contribution in [0.25, 0.3) is 0 Å². The van der Waals surface area contributed by atoms with Gasteiger partial charge in [0.25, 0.3) is 0 Å². The molecular weight excluding hydrogens is 218 g/mol. The number of imidazole rings is 1. The van der Waals surface area contributed by atoms with E-state index >= 15 is 0 Å². The zero-order chi connectivity index (χ0) is 12.1. The van der Waals surface area contributed by atoms with E-state index in [4.69, 9.17) is 5.11 Å². The fourth-order valence-electron chi connectivity index (χ4n) is 2.20. The first kappa shape index (κ1) is 12.1. The van der Waals surface area contributed by atoms with Crippen molar-refractivity contribution in [1.29, 1.82) is 0 Å². The van der Waals surface area contributed by atoms with Gasteiger partial charge in [-0.05, 0) is 19.3 Å². The Kier molecular flexibility index (Phi) is 4.14. The van der Waals surface area contributed by atoms with E-state index < -0.39 is 0 Å². The third-order valence-corrected chi connectivity index (χ3v) is 3.24. The third-order valence-electron chi connectivity index (χ3n) is 3.24. The Balaban J connectivity index is 1.83. The highest BCUT2D eigenvalue weighted by molar-refractivity contribution is 5.76. The Bertz CT molecular complexity index is 370. The normalized spacial score (nSPS) is 16.2. The van der Waals surface area contributed by atoms with Gasteiger partial charge in [0.05, 0.1) is 24.8 Å². The van der Waals surface area contributed by atoms with Crippen molar-refractivity contribution in [2.75, 3.05) is 13.1 Å². The molecule has 94 valence electrons. The number of aliphatic hydroxyl groups is 1. The van der Waals surface area contributed by atoms with E-state index in [2.05, 4.69) is 4.98 Å². The average molecular weight is 237 g/mol. The van der Waals surface area contributed by atoms with Crippen LogP contribution in [0.15, 0.2) is 12.5 Å². The quantitative estimate of drug-likeness (QED) is 0.841. The molecule has 0 spiro atoms. The lowest BCUT2D eigenvalue weighted by atomic mass is 10.1. The van der Waals surface area contributed by atoms with Gasteiger partial charge in [0, 0.05) is 26.1 Å². The molecule has 1 N–H and O–H groups in total. The number of carbonyl (C=O) groups is 1. The summed E-state index contributed by atoms with van der Waals surface area (Å²) in [6.45, 7) is 2.37. The predicted molar refractivity (Wildman–Crippen MR) is 63.2 cm³/mol. The second-order valence-corrected chi connectivity index (χ2v) is 4.43. The Morgan fingerprint density at radius 1 is 1.35 bits per heavy atom. The van der Waals surface area contributed by atoms with Crippen LogP contribution in [0.4, 0.5) is 0 Å². The molecule has 2 rings (SSSR count). The number of carbonyl (C=O) groups excluding carboxylic acids is 1. The number of aromatic nitrogens is 2. The Morgan fingerprint density at radius 2 is 2.12 bits per heavy atom. The van der Waals surface area contributed by atoms with Crippen molar-refractivity contribution in [1.82, 2.24) is 14.5 Å². The molecular formula is C12H19N3O2. The summed E-state index contributed by atoms with van der Waals surface area (Å²) in [6, 6.07) is 0. The van der Waals surface area contributed by atoms with Crippen LogP contribution in [-0.2, 0) is 17.9 Å². The van der Waals surface area contributed by atoms with Crippen molar-refractivity contribution in [2.24, 2.45) is 0 Å². The first-order valence-corrected chi connectivity index (χ1v) is 6.19. The van der Waals surface area contributed by atoms with Gasteiger partial charge in [0.1, 0.15) is 0 Å². The third kappa shape index (κ3) is 3.06. The van der Waals surface area contributed by atoms with Crippen LogP contribution in [0, 0.1) is 0 Å². The minimum absolute atomic E-state index is 0.0299. The number of rotatable bonds is 4. The van der Waals surface area contributed by atoms with E-state index in [-0.39, 0.29) is 12.5 Å². The second-order valence-electron chi connectivity index (χ2n) is 4.43. The lowest BCUT2D eigenvalue weighted by Gasteiger charge is -2.26. The van der Waals surface area contributed by atoms with Crippen LogP contribution >= 0.6 is 0 Å². The fourth-order valence-corrected chi connectivity index (χ4v) is 2.20. The number of aryl methyl sites for hydroxylation is 1. The molecule has 1 fully saturated rings. The molecule has 1 saturated heterocycles. The summed E-state index contributed by atoms with van der Waals surface area (Å²) < 4.78 is 1.84. The van der Waals surface area contributed by atoms with Crippen molar-refractivity contribution < 1.29 is 9.90 Å². The average Bonchev–Trinajstić information content (AvgIpc) is 2.84. The largest absolute Gasteiger partial charge is 0.390 e. The van der Waals surface area contributed by atoms with Gasteiger partial charge in [0.15, 0.2) is 0 Å². The summed E-state index contributed by atoms with van der Waals surface area (Å²) in [5, 5.41) is 9.07. The molecule has 0 unspecified atom stereocenters. The Morgan fingerprint density at radius 3 is 2.82 bits per heavy atom. The van der Waals surface area contributed by atoms with E-state index in [1.54, 1.807) is 12.5 Å². The summed E-state index contributed by atoms with van der Waals surface area (Å²) in [4.78, 5) is 17.8. The molecule has 17 heavy (non-hydrogen) atoms. The van der Waals surface area contributed by atoms with Gasteiger partial charge in [-0.25, -0.2) is 4.98 Å². The highest BCUT2D eigenvalue weighted by atomic mass is 16.3. The first-order valence-electron chi connectivity index (χ1n) is 6.19. The van der Waals surface area contributed by atoms with Crippen molar-refractivity contribution in [3.63, 3.8) is 0 Å². The molecule has 1 aromatic rings. The highest BCUT2D eigenvalue weighted by Crippen LogP contribution is 2.10. The molecule has 1 aromatic heterocycles. The predicted octanol–water partition coefficient (Wildman–Crippen LogP) is 0.778. The van der Waals surface area contributed by atoms with Crippen LogP contribution in [0.1, 0.15) is 31.4 Å². The highest BCUT2D eigenvalue weighted by Gasteiger charge is 2.16. The molecule has 2 heterocycles. The molecule has 0 atom stereocenters. The molecule has 5 heteroatoms. The Labute approximate surface area is 101 Å². The van der Waals surface area contributed by atoms with Gasteiger partial charge in [0.2, 0.25) is 5.91 Å². The van der Waals surface area contributed by atoms with E-state index in [0.717, 1.165) is 31.6 Å². The number of likely N-dealkylation sites (tertiary alicyclic amines) is 1. The number of aliphatic hydroxyl groups excluding tert-OH is 1. The van der Waals surface area contributed by atoms with Crippen molar-refractivity contribution in [3.05, 3.63) is 18.2 Å². The monoisotopic (exact) mass is 237 g/mol. The molecule has 5 nitrogen and oxygen atoms in total. The Hall–Kier alpha value is -1.36. The van der Waals surface area contributed by atoms with Gasteiger partial charge < -0.3 is 14.6 Å². The van der Waals surface area contributed by atoms with Crippen LogP contribution in [0.3, 0.4) is 0 Å². The SMILES string of the molecule is O=C(CCn1cncc1CO)N1CCCCC1. The maximum absolute atomic E-state index is 11.9. The standard InChI is InChI=1S/C12H19N3O2/c16-9-11-8-13-10-15(11)7-4-12(17)14-5-2-1-3-6-14/h8,10,16H,1-7,9H2.